The molecule has 2 aromatic rings. The smallest absolute Gasteiger partial charge is 0.289 e. The number of hydrogen-bond donors (Lipinski definition) is 1. The molecule has 136 valence electrons. The van der Waals surface area contributed by atoms with E-state index < -0.39 is 17.7 Å². The summed E-state index contributed by atoms with van der Waals surface area (Å²) in [5.41, 5.74) is 2.38. The lowest BCUT2D eigenvalue weighted by atomic mass is 10.1. The first-order valence-electron chi connectivity index (χ1n) is 8.22. The molecule has 0 aliphatic rings. The average Bonchev–Trinajstić information content (AvgIpc) is 2.67. The van der Waals surface area contributed by atoms with Gasteiger partial charge in [-0.05, 0) is 37.1 Å². The number of hydrogen-bond acceptors (Lipinski definition) is 4. The second-order valence-corrected chi connectivity index (χ2v) is 5.83. The van der Waals surface area contributed by atoms with Gasteiger partial charge in [0, 0.05) is 6.54 Å². The normalized spacial score (nSPS) is 11.3. The van der Waals surface area contributed by atoms with Crippen LogP contribution in [-0.4, -0.2) is 31.3 Å². The number of carbonyl (C=O) groups excluding carboxylic acids is 3. The minimum Gasteiger partial charge on any atom is -0.495 e. The van der Waals surface area contributed by atoms with E-state index in [9.17, 15) is 14.4 Å². The van der Waals surface area contributed by atoms with Crippen molar-refractivity contribution in [2.45, 2.75) is 26.4 Å². The number of para-hydroxylation sites is 2. The van der Waals surface area contributed by atoms with Gasteiger partial charge in [-0.25, -0.2) is 0 Å². The lowest BCUT2D eigenvalue weighted by Crippen LogP contribution is -2.45. The van der Waals surface area contributed by atoms with Crippen molar-refractivity contribution in [1.82, 2.24) is 5.32 Å². The standard InChI is InChI=1S/C20H22N2O4/c1-14-8-4-5-9-16(14)12-21-20(25)19(24)15(2)22(13-23)17-10-6-7-11-18(17)26-3/h4-11,13,15H,12H2,1-3H3,(H,21,25). The zero-order valence-electron chi connectivity index (χ0n) is 15.1. The minimum absolute atomic E-state index is 0.250. The van der Waals surface area contributed by atoms with Gasteiger partial charge in [-0.2, -0.15) is 0 Å². The highest BCUT2D eigenvalue weighted by Gasteiger charge is 2.28. The number of ketones is 1. The van der Waals surface area contributed by atoms with Gasteiger partial charge in [0.2, 0.25) is 12.2 Å². The molecular formula is C20H22N2O4. The van der Waals surface area contributed by atoms with Crippen LogP contribution in [0.3, 0.4) is 0 Å². The monoisotopic (exact) mass is 354 g/mol. The third kappa shape index (κ3) is 4.27. The lowest BCUT2D eigenvalue weighted by Gasteiger charge is -2.25. The number of nitrogens with one attached hydrogen (secondary N) is 1. The van der Waals surface area contributed by atoms with Crippen molar-refractivity contribution in [3.05, 3.63) is 59.7 Å². The Hall–Kier alpha value is -3.15. The van der Waals surface area contributed by atoms with Crippen molar-refractivity contribution < 1.29 is 19.1 Å². The third-order valence-electron chi connectivity index (χ3n) is 4.20. The number of nitrogens with zero attached hydrogens (tertiary/aromatic N) is 1. The second-order valence-electron chi connectivity index (χ2n) is 5.83. The van der Waals surface area contributed by atoms with E-state index >= 15 is 0 Å². The van der Waals surface area contributed by atoms with Crippen LogP contribution in [0.5, 0.6) is 5.75 Å². The molecule has 6 nitrogen and oxygen atoms in total. The lowest BCUT2D eigenvalue weighted by molar-refractivity contribution is -0.138. The van der Waals surface area contributed by atoms with Gasteiger partial charge in [-0.1, -0.05) is 36.4 Å². The van der Waals surface area contributed by atoms with Crippen molar-refractivity contribution in [3.8, 4) is 5.75 Å². The van der Waals surface area contributed by atoms with Gasteiger partial charge in [0.05, 0.1) is 12.8 Å². The highest BCUT2D eigenvalue weighted by molar-refractivity contribution is 6.39. The molecule has 26 heavy (non-hydrogen) atoms. The van der Waals surface area contributed by atoms with Gasteiger partial charge in [0.1, 0.15) is 11.8 Å². The molecule has 0 aliphatic carbocycles. The number of ether oxygens (including phenoxy) is 1. The number of methoxy groups -OCH3 is 1. The predicted molar refractivity (Wildman–Crippen MR) is 99.0 cm³/mol. The fraction of sp³-hybridized carbons (Fsp3) is 0.250. The van der Waals surface area contributed by atoms with Gasteiger partial charge in [0.25, 0.3) is 5.91 Å². The topological polar surface area (TPSA) is 75.7 Å². The van der Waals surface area contributed by atoms with E-state index in [1.165, 1.54) is 18.9 Å². The fourth-order valence-corrected chi connectivity index (χ4v) is 2.59. The zero-order valence-corrected chi connectivity index (χ0v) is 15.1. The molecule has 1 atom stereocenters. The largest absolute Gasteiger partial charge is 0.495 e. The number of aryl methyl sites for hydroxylation is 1. The summed E-state index contributed by atoms with van der Waals surface area (Å²) < 4.78 is 5.22. The summed E-state index contributed by atoms with van der Waals surface area (Å²) in [5, 5.41) is 2.62. The van der Waals surface area contributed by atoms with Crippen LogP contribution in [0.1, 0.15) is 18.1 Å². The first-order chi connectivity index (χ1) is 12.5. The van der Waals surface area contributed by atoms with Crippen LogP contribution < -0.4 is 15.0 Å². The van der Waals surface area contributed by atoms with Crippen LogP contribution in [0.4, 0.5) is 5.69 Å². The van der Waals surface area contributed by atoms with Crippen LogP contribution in [0.2, 0.25) is 0 Å². The van der Waals surface area contributed by atoms with E-state index in [1.54, 1.807) is 24.3 Å². The summed E-state index contributed by atoms with van der Waals surface area (Å²) in [7, 11) is 1.48. The van der Waals surface area contributed by atoms with Gasteiger partial charge >= 0.3 is 0 Å². The highest BCUT2D eigenvalue weighted by Crippen LogP contribution is 2.28. The quantitative estimate of drug-likeness (QED) is 0.583. The number of benzene rings is 2. The molecule has 0 radical (unpaired) electrons. The summed E-state index contributed by atoms with van der Waals surface area (Å²) >= 11 is 0. The van der Waals surface area contributed by atoms with E-state index in [0.29, 0.717) is 17.8 Å². The molecule has 1 N–H and O–H groups in total. The van der Waals surface area contributed by atoms with Crippen LogP contribution in [-0.2, 0) is 20.9 Å². The van der Waals surface area contributed by atoms with E-state index in [1.807, 2.05) is 31.2 Å². The number of amides is 2. The molecule has 0 aromatic heterocycles. The predicted octanol–water partition coefficient (Wildman–Crippen LogP) is 2.24. The number of Topliss-reactive ketones (excluding diaryl/α,β-unsaturated/α-hetero) is 1. The molecule has 0 aliphatic heterocycles. The molecule has 2 amide bonds. The Labute approximate surface area is 152 Å². The van der Waals surface area contributed by atoms with Crippen molar-refractivity contribution in [2.75, 3.05) is 12.0 Å². The van der Waals surface area contributed by atoms with E-state index in [0.717, 1.165) is 11.1 Å². The Bertz CT molecular complexity index is 804. The molecule has 0 heterocycles. The summed E-state index contributed by atoms with van der Waals surface area (Å²) in [6, 6.07) is 13.5. The molecule has 1 unspecified atom stereocenters. The first kappa shape index (κ1) is 19.2. The molecule has 0 bridgehead atoms. The van der Waals surface area contributed by atoms with Crippen LogP contribution in [0.15, 0.2) is 48.5 Å². The number of anilines is 1. The second kappa shape index (κ2) is 8.80. The molecule has 0 spiro atoms. The zero-order chi connectivity index (χ0) is 19.1. The number of rotatable bonds is 8. The maximum atomic E-state index is 12.5. The maximum Gasteiger partial charge on any atom is 0.289 e. The van der Waals surface area contributed by atoms with Crippen molar-refractivity contribution in [2.24, 2.45) is 0 Å². The highest BCUT2D eigenvalue weighted by atomic mass is 16.5. The molecule has 6 heteroatoms. The average molecular weight is 354 g/mol. The Morgan fingerprint density at radius 1 is 1.15 bits per heavy atom. The van der Waals surface area contributed by atoms with Gasteiger partial charge in [-0.15, -0.1) is 0 Å². The van der Waals surface area contributed by atoms with Crippen LogP contribution in [0.25, 0.3) is 0 Å². The Morgan fingerprint density at radius 3 is 2.46 bits per heavy atom. The molecule has 2 rings (SSSR count). The summed E-state index contributed by atoms with van der Waals surface area (Å²) in [4.78, 5) is 37.5. The number of carbonyl (C=O) groups is 3. The molecule has 0 saturated carbocycles. The Kier molecular flexibility index (Phi) is 6.49. The fourth-order valence-electron chi connectivity index (χ4n) is 2.59. The maximum absolute atomic E-state index is 12.5. The first-order valence-corrected chi connectivity index (χ1v) is 8.22. The Morgan fingerprint density at radius 2 is 1.81 bits per heavy atom. The molecule has 2 aromatic carbocycles. The summed E-state index contributed by atoms with van der Waals surface area (Å²) in [6.45, 7) is 3.69. The SMILES string of the molecule is COc1ccccc1N(C=O)C(C)C(=O)C(=O)NCc1ccccc1C. The van der Waals surface area contributed by atoms with Gasteiger partial charge in [0.15, 0.2) is 0 Å². The molecule has 0 saturated heterocycles. The van der Waals surface area contributed by atoms with Crippen LogP contribution >= 0.6 is 0 Å². The van der Waals surface area contributed by atoms with E-state index in [-0.39, 0.29) is 6.54 Å². The molecule has 0 fully saturated rings. The van der Waals surface area contributed by atoms with Crippen LogP contribution in [0, 0.1) is 6.92 Å². The van der Waals surface area contributed by atoms with Crippen molar-refractivity contribution in [3.63, 3.8) is 0 Å². The van der Waals surface area contributed by atoms with Crippen molar-refractivity contribution >= 4 is 23.8 Å². The third-order valence-corrected chi connectivity index (χ3v) is 4.20. The minimum atomic E-state index is -0.958. The molecular weight excluding hydrogens is 332 g/mol. The summed E-state index contributed by atoms with van der Waals surface area (Å²) in [5.74, 6) is -0.987. The van der Waals surface area contributed by atoms with Gasteiger partial charge < -0.3 is 15.0 Å². The van der Waals surface area contributed by atoms with Gasteiger partial charge in [-0.3, -0.25) is 14.4 Å². The van der Waals surface area contributed by atoms with E-state index in [2.05, 4.69) is 5.32 Å². The van der Waals surface area contributed by atoms with E-state index in [4.69, 9.17) is 4.74 Å². The van der Waals surface area contributed by atoms with Crippen molar-refractivity contribution in [1.29, 1.82) is 0 Å². The summed E-state index contributed by atoms with van der Waals surface area (Å²) in [6.07, 6.45) is 0.523. The Balaban J connectivity index is 2.10.